The highest BCUT2D eigenvalue weighted by atomic mass is 79.9. The lowest BCUT2D eigenvalue weighted by atomic mass is 9.84. The zero-order valence-electron chi connectivity index (χ0n) is 10.1. The van der Waals surface area contributed by atoms with Crippen molar-refractivity contribution in [3.8, 4) is 0 Å². The summed E-state index contributed by atoms with van der Waals surface area (Å²) >= 11 is 3.49. The van der Waals surface area contributed by atoms with Crippen molar-refractivity contribution in [2.24, 2.45) is 5.41 Å². The Hall–Kier alpha value is -0.580. The second-order valence-corrected chi connectivity index (χ2v) is 5.02. The number of imide groups is 1. The molecule has 0 unspecified atom stereocenters. The Morgan fingerprint density at radius 2 is 1.88 bits per heavy atom. The summed E-state index contributed by atoms with van der Waals surface area (Å²) < 4.78 is 0. The van der Waals surface area contributed by atoms with E-state index in [4.69, 9.17) is 0 Å². The van der Waals surface area contributed by atoms with Crippen molar-refractivity contribution in [1.29, 1.82) is 0 Å². The van der Waals surface area contributed by atoms with Crippen molar-refractivity contribution in [3.63, 3.8) is 0 Å². The van der Waals surface area contributed by atoms with Crippen molar-refractivity contribution in [3.05, 3.63) is 0 Å². The van der Waals surface area contributed by atoms with Gasteiger partial charge in [0.15, 0.2) is 0 Å². The minimum Gasteiger partial charge on any atom is -0.318 e. The zero-order chi connectivity index (χ0) is 12.3. The van der Waals surface area contributed by atoms with Crippen LogP contribution in [0, 0.1) is 5.41 Å². The van der Waals surface area contributed by atoms with Crippen LogP contribution >= 0.6 is 15.9 Å². The molecule has 0 aromatic carbocycles. The quantitative estimate of drug-likeness (QED) is 0.575. The van der Waals surface area contributed by atoms with E-state index in [-0.39, 0.29) is 23.9 Å². The first-order valence-electron chi connectivity index (χ1n) is 5.61. The Labute approximate surface area is 105 Å². The molecule has 0 radical (unpaired) electrons. The lowest BCUT2D eigenvalue weighted by Crippen LogP contribution is -2.42. The third-order valence-corrected chi connectivity index (χ3v) is 4.70. The van der Waals surface area contributed by atoms with E-state index in [1.54, 1.807) is 7.05 Å². The fourth-order valence-electron chi connectivity index (χ4n) is 1.86. The SMILES string of the molecule is CCC(CC)(CBr)CN1C(=O)CN(C)C1=O. The fourth-order valence-corrected chi connectivity index (χ4v) is 2.84. The Morgan fingerprint density at radius 3 is 2.19 bits per heavy atom. The van der Waals surface area contributed by atoms with Gasteiger partial charge in [-0.1, -0.05) is 29.8 Å². The van der Waals surface area contributed by atoms with E-state index in [1.165, 1.54) is 9.80 Å². The molecule has 1 fully saturated rings. The molecule has 0 spiro atoms. The molecule has 0 aromatic rings. The monoisotopic (exact) mass is 290 g/mol. The molecule has 3 amide bonds. The van der Waals surface area contributed by atoms with E-state index in [0.29, 0.717) is 6.54 Å². The van der Waals surface area contributed by atoms with Crippen LogP contribution in [0.15, 0.2) is 0 Å². The molecule has 1 rings (SSSR count). The van der Waals surface area contributed by atoms with Gasteiger partial charge in [0.05, 0.1) is 0 Å². The van der Waals surface area contributed by atoms with E-state index in [1.807, 2.05) is 0 Å². The van der Waals surface area contributed by atoms with Crippen LogP contribution in [0.25, 0.3) is 0 Å². The number of likely N-dealkylation sites (N-methyl/N-ethyl adjacent to an activating group) is 1. The normalized spacial score (nSPS) is 17.5. The number of urea groups is 1. The second kappa shape index (κ2) is 5.17. The number of alkyl halides is 1. The highest BCUT2D eigenvalue weighted by Gasteiger charge is 2.38. The molecule has 4 nitrogen and oxygen atoms in total. The average molecular weight is 291 g/mol. The molecule has 1 aliphatic rings. The average Bonchev–Trinajstić information content (AvgIpc) is 2.52. The largest absolute Gasteiger partial charge is 0.326 e. The lowest BCUT2D eigenvalue weighted by Gasteiger charge is -2.32. The summed E-state index contributed by atoms with van der Waals surface area (Å²) in [5.74, 6) is -0.0836. The summed E-state index contributed by atoms with van der Waals surface area (Å²) in [7, 11) is 1.66. The Balaban J connectivity index is 2.79. The molecule has 0 atom stereocenters. The summed E-state index contributed by atoms with van der Waals surface area (Å²) in [5, 5.41) is 0.813. The fraction of sp³-hybridized carbons (Fsp3) is 0.818. The van der Waals surface area contributed by atoms with Crippen LogP contribution in [0.4, 0.5) is 4.79 Å². The van der Waals surface area contributed by atoms with Gasteiger partial charge in [-0.15, -0.1) is 0 Å². The first-order chi connectivity index (χ1) is 7.49. The minimum absolute atomic E-state index is 0.0104. The number of rotatable bonds is 5. The van der Waals surface area contributed by atoms with Gasteiger partial charge in [0.2, 0.25) is 5.91 Å². The van der Waals surface area contributed by atoms with Crippen LogP contribution in [0.3, 0.4) is 0 Å². The van der Waals surface area contributed by atoms with Gasteiger partial charge in [-0.2, -0.15) is 0 Å². The molecular formula is C11H19BrN2O2. The maximum atomic E-state index is 11.8. The summed E-state index contributed by atoms with van der Waals surface area (Å²) in [6, 6.07) is -0.169. The molecule has 16 heavy (non-hydrogen) atoms. The highest BCUT2D eigenvalue weighted by molar-refractivity contribution is 9.09. The van der Waals surface area contributed by atoms with E-state index in [0.717, 1.165) is 18.2 Å². The molecule has 1 saturated heterocycles. The Bertz CT molecular complexity index is 281. The van der Waals surface area contributed by atoms with Crippen molar-refractivity contribution in [2.45, 2.75) is 26.7 Å². The first-order valence-corrected chi connectivity index (χ1v) is 6.73. The number of hydrogen-bond donors (Lipinski definition) is 0. The second-order valence-electron chi connectivity index (χ2n) is 4.46. The smallest absolute Gasteiger partial charge is 0.318 e. The van der Waals surface area contributed by atoms with Crippen molar-refractivity contribution in [1.82, 2.24) is 9.80 Å². The molecule has 0 bridgehead atoms. The number of halogens is 1. The molecule has 0 aliphatic carbocycles. The number of nitrogens with zero attached hydrogens (tertiary/aromatic N) is 2. The van der Waals surface area contributed by atoms with E-state index < -0.39 is 0 Å². The molecule has 0 aromatic heterocycles. The summed E-state index contributed by atoms with van der Waals surface area (Å²) in [5.41, 5.74) is 0.0104. The molecule has 0 saturated carbocycles. The predicted octanol–water partition coefficient (Wildman–Crippen LogP) is 2.08. The van der Waals surface area contributed by atoms with E-state index >= 15 is 0 Å². The van der Waals surface area contributed by atoms with Gasteiger partial charge < -0.3 is 4.90 Å². The van der Waals surface area contributed by atoms with Gasteiger partial charge in [-0.05, 0) is 18.3 Å². The highest BCUT2D eigenvalue weighted by Crippen LogP contribution is 2.31. The van der Waals surface area contributed by atoms with Gasteiger partial charge in [-0.25, -0.2) is 4.79 Å². The minimum atomic E-state index is -0.169. The maximum absolute atomic E-state index is 11.8. The Morgan fingerprint density at radius 1 is 1.31 bits per heavy atom. The number of carbonyl (C=O) groups excluding carboxylic acids is 2. The van der Waals surface area contributed by atoms with Gasteiger partial charge >= 0.3 is 6.03 Å². The lowest BCUT2D eigenvalue weighted by molar-refractivity contribution is -0.126. The summed E-state index contributed by atoms with van der Waals surface area (Å²) in [6.45, 7) is 4.93. The van der Waals surface area contributed by atoms with E-state index in [2.05, 4.69) is 29.8 Å². The third-order valence-electron chi connectivity index (χ3n) is 3.51. The molecule has 1 heterocycles. The topological polar surface area (TPSA) is 40.6 Å². The molecule has 0 N–H and O–H groups in total. The Kier molecular flexibility index (Phi) is 4.35. The number of amides is 3. The first kappa shape index (κ1) is 13.5. The van der Waals surface area contributed by atoms with Crippen molar-refractivity contribution < 1.29 is 9.59 Å². The summed E-state index contributed by atoms with van der Waals surface area (Å²) in [4.78, 5) is 26.3. The zero-order valence-corrected chi connectivity index (χ0v) is 11.7. The van der Waals surface area contributed by atoms with Gasteiger partial charge in [0.25, 0.3) is 0 Å². The number of hydrogen-bond acceptors (Lipinski definition) is 2. The molecular weight excluding hydrogens is 272 g/mol. The van der Waals surface area contributed by atoms with Gasteiger partial charge in [0.1, 0.15) is 6.54 Å². The molecule has 5 heteroatoms. The van der Waals surface area contributed by atoms with Gasteiger partial charge in [-0.3, -0.25) is 9.69 Å². The third kappa shape index (κ3) is 2.39. The van der Waals surface area contributed by atoms with Crippen molar-refractivity contribution in [2.75, 3.05) is 25.5 Å². The van der Waals surface area contributed by atoms with Crippen LogP contribution in [-0.2, 0) is 4.79 Å². The summed E-state index contributed by atoms with van der Waals surface area (Å²) in [6.07, 6.45) is 1.91. The van der Waals surface area contributed by atoms with Crippen LogP contribution in [0.2, 0.25) is 0 Å². The van der Waals surface area contributed by atoms with Crippen LogP contribution in [-0.4, -0.2) is 47.2 Å². The van der Waals surface area contributed by atoms with Crippen molar-refractivity contribution >= 4 is 27.9 Å². The van der Waals surface area contributed by atoms with Crippen LogP contribution < -0.4 is 0 Å². The standard InChI is InChI=1S/C11H19BrN2O2/c1-4-11(5-2,7-12)8-14-9(15)6-13(3)10(14)16/h4-8H2,1-3H3. The van der Waals surface area contributed by atoms with Crippen LogP contribution in [0.5, 0.6) is 0 Å². The van der Waals surface area contributed by atoms with E-state index in [9.17, 15) is 9.59 Å². The molecule has 1 aliphatic heterocycles. The maximum Gasteiger partial charge on any atom is 0.326 e. The number of carbonyl (C=O) groups is 2. The predicted molar refractivity (Wildman–Crippen MR) is 66.5 cm³/mol. The van der Waals surface area contributed by atoms with Crippen LogP contribution in [0.1, 0.15) is 26.7 Å². The molecule has 92 valence electrons. The van der Waals surface area contributed by atoms with Gasteiger partial charge in [0, 0.05) is 18.9 Å².